The topological polar surface area (TPSA) is 114 Å². The van der Waals surface area contributed by atoms with Crippen LogP contribution >= 0.6 is 11.8 Å². The lowest BCUT2D eigenvalue weighted by molar-refractivity contribution is -0.133. The van der Waals surface area contributed by atoms with Crippen molar-refractivity contribution in [3.05, 3.63) is 65.9 Å². The first-order valence-corrected chi connectivity index (χ1v) is 9.71. The molecule has 0 aliphatic rings. The van der Waals surface area contributed by atoms with Crippen molar-refractivity contribution in [2.24, 2.45) is 0 Å². The van der Waals surface area contributed by atoms with Crippen LogP contribution in [0.15, 0.2) is 63.9 Å². The summed E-state index contributed by atoms with van der Waals surface area (Å²) in [5, 5.41) is 18.6. The van der Waals surface area contributed by atoms with Crippen LogP contribution in [0.2, 0.25) is 0 Å². The summed E-state index contributed by atoms with van der Waals surface area (Å²) in [5.74, 6) is -0.988. The number of carbonyl (C=O) groups excluding carboxylic acids is 1. The van der Waals surface area contributed by atoms with Crippen LogP contribution in [0.5, 0.6) is 0 Å². The van der Waals surface area contributed by atoms with Gasteiger partial charge < -0.3 is 19.2 Å². The van der Waals surface area contributed by atoms with E-state index in [9.17, 15) is 14.3 Å². The molecule has 0 atom stereocenters. The van der Waals surface area contributed by atoms with Crippen molar-refractivity contribution < 1.29 is 23.4 Å². The van der Waals surface area contributed by atoms with Gasteiger partial charge in [-0.1, -0.05) is 23.9 Å². The van der Waals surface area contributed by atoms with E-state index < -0.39 is 5.97 Å². The predicted molar refractivity (Wildman–Crippen MR) is 108 cm³/mol. The number of H-pyrrole nitrogens is 1. The second kappa shape index (κ2) is 8.37. The second-order valence-corrected chi connectivity index (χ2v) is 7.01. The Hall–Kier alpha value is -3.66. The fourth-order valence-electron chi connectivity index (χ4n) is 2.70. The van der Waals surface area contributed by atoms with Gasteiger partial charge in [-0.05, 0) is 36.4 Å². The molecule has 0 spiro atoms. The zero-order chi connectivity index (χ0) is 21.1. The minimum absolute atomic E-state index is 0.0352. The molecule has 2 aromatic carbocycles. The molecule has 8 nitrogen and oxygen atoms in total. The van der Waals surface area contributed by atoms with E-state index in [0.717, 1.165) is 17.3 Å². The Morgan fingerprint density at radius 1 is 1.20 bits per heavy atom. The summed E-state index contributed by atoms with van der Waals surface area (Å²) >= 11 is 1.03. The molecule has 0 radical (unpaired) electrons. The first-order chi connectivity index (χ1) is 14.5. The molecule has 4 aromatic rings. The lowest BCUT2D eigenvalue weighted by Gasteiger charge is -2.06. The van der Waals surface area contributed by atoms with Crippen LogP contribution in [0.1, 0.15) is 5.82 Å². The normalized spacial score (nSPS) is 12.1. The van der Waals surface area contributed by atoms with Gasteiger partial charge in [-0.15, -0.1) is 10.2 Å². The number of ether oxygens (including phenoxy) is 1. The quantitative estimate of drug-likeness (QED) is 0.206. The summed E-state index contributed by atoms with van der Waals surface area (Å²) in [7, 11) is 1.22. The number of thioether (sulfide) groups is 1. The molecule has 2 N–H and O–H groups in total. The number of halogens is 1. The number of aromatic amines is 1. The highest BCUT2D eigenvalue weighted by molar-refractivity contribution is 7.99. The minimum Gasteiger partial charge on any atom is -0.510 e. The van der Waals surface area contributed by atoms with Crippen molar-refractivity contribution >= 4 is 34.3 Å². The van der Waals surface area contributed by atoms with Gasteiger partial charge in [-0.25, -0.2) is 14.2 Å². The molecule has 0 aliphatic heterocycles. The van der Waals surface area contributed by atoms with Crippen LogP contribution in [-0.2, 0) is 9.53 Å². The number of para-hydroxylation sites is 2. The summed E-state index contributed by atoms with van der Waals surface area (Å²) in [6, 6.07) is 12.9. The monoisotopic (exact) mass is 426 g/mol. The molecule has 2 aromatic heterocycles. The molecule has 30 heavy (non-hydrogen) atoms. The highest BCUT2D eigenvalue weighted by atomic mass is 32.2. The number of esters is 1. The van der Waals surface area contributed by atoms with E-state index in [1.165, 1.54) is 31.4 Å². The van der Waals surface area contributed by atoms with Gasteiger partial charge in [0.05, 0.1) is 23.9 Å². The van der Waals surface area contributed by atoms with E-state index in [-0.39, 0.29) is 39.8 Å². The van der Waals surface area contributed by atoms with E-state index in [1.54, 1.807) is 6.07 Å². The number of aliphatic hydroxyl groups is 1. The van der Waals surface area contributed by atoms with Crippen molar-refractivity contribution in [2.75, 3.05) is 12.9 Å². The highest BCUT2D eigenvalue weighted by Gasteiger charge is 2.23. The number of aromatic nitrogens is 4. The molecule has 152 valence electrons. The van der Waals surface area contributed by atoms with Crippen molar-refractivity contribution in [3.8, 4) is 11.5 Å². The first-order valence-electron chi connectivity index (χ1n) is 8.73. The molecule has 0 saturated heterocycles. The van der Waals surface area contributed by atoms with E-state index in [4.69, 9.17) is 9.15 Å². The third-order valence-electron chi connectivity index (χ3n) is 4.13. The molecule has 2 heterocycles. The number of hydrogen-bond donors (Lipinski definition) is 2. The predicted octanol–water partition coefficient (Wildman–Crippen LogP) is 3.99. The molecule has 0 aliphatic carbocycles. The van der Waals surface area contributed by atoms with Gasteiger partial charge in [0.1, 0.15) is 23.0 Å². The van der Waals surface area contributed by atoms with Crippen LogP contribution in [0.25, 0.3) is 28.1 Å². The molecule has 0 saturated carbocycles. The van der Waals surface area contributed by atoms with Gasteiger partial charge in [-0.2, -0.15) is 0 Å². The highest BCUT2D eigenvalue weighted by Crippen LogP contribution is 2.27. The van der Waals surface area contributed by atoms with Crippen LogP contribution < -0.4 is 0 Å². The SMILES string of the molecule is COC(=O)/C(=C(/O)CSc1nnc(-c2ccc(F)cc2)o1)c1nc2ccccc2[nH]1. The van der Waals surface area contributed by atoms with E-state index >= 15 is 0 Å². The fourth-order valence-corrected chi connectivity index (χ4v) is 3.34. The lowest BCUT2D eigenvalue weighted by atomic mass is 10.2. The van der Waals surface area contributed by atoms with Crippen LogP contribution in [0.3, 0.4) is 0 Å². The average Bonchev–Trinajstić information content (AvgIpc) is 3.39. The maximum Gasteiger partial charge on any atom is 0.345 e. The summed E-state index contributed by atoms with van der Waals surface area (Å²) in [4.78, 5) is 19.6. The summed E-state index contributed by atoms with van der Waals surface area (Å²) in [5.41, 5.74) is 1.85. The van der Waals surface area contributed by atoms with Crippen LogP contribution in [0, 0.1) is 5.82 Å². The smallest absolute Gasteiger partial charge is 0.345 e. The molecule has 0 fully saturated rings. The molecule has 0 amide bonds. The molecular weight excluding hydrogens is 411 g/mol. The van der Waals surface area contributed by atoms with Crippen molar-refractivity contribution in [3.63, 3.8) is 0 Å². The van der Waals surface area contributed by atoms with Crippen molar-refractivity contribution in [2.45, 2.75) is 5.22 Å². The summed E-state index contributed by atoms with van der Waals surface area (Å²) in [6.45, 7) is 0. The average molecular weight is 426 g/mol. The number of nitrogens with one attached hydrogen (secondary N) is 1. The number of hydrogen-bond acceptors (Lipinski definition) is 8. The molecule has 0 bridgehead atoms. The van der Waals surface area contributed by atoms with Crippen molar-refractivity contribution in [1.29, 1.82) is 0 Å². The summed E-state index contributed by atoms with van der Waals surface area (Å²) < 4.78 is 23.4. The molecule has 0 unspecified atom stereocenters. The first kappa shape index (κ1) is 19.6. The Bertz CT molecular complexity index is 1200. The zero-order valence-electron chi connectivity index (χ0n) is 15.6. The third-order valence-corrected chi connectivity index (χ3v) is 4.96. The summed E-state index contributed by atoms with van der Waals surface area (Å²) in [6.07, 6.45) is 0. The standard InChI is InChI=1S/C20H15FN4O4S/c1-28-19(27)16(17-22-13-4-2-3-5-14(13)23-17)15(26)10-30-20-25-24-18(29-20)11-6-8-12(21)9-7-11/h2-9,26H,10H2,1H3,(H,22,23)/b16-15+. The Balaban J connectivity index is 1.57. The lowest BCUT2D eigenvalue weighted by Crippen LogP contribution is -2.09. The van der Waals surface area contributed by atoms with Gasteiger partial charge in [0.15, 0.2) is 0 Å². The number of fused-ring (bicyclic) bond motifs is 1. The fraction of sp³-hybridized carbons (Fsp3) is 0.100. The van der Waals surface area contributed by atoms with Gasteiger partial charge in [0.25, 0.3) is 5.22 Å². The maximum atomic E-state index is 13.0. The maximum absolute atomic E-state index is 13.0. The Kier molecular flexibility index (Phi) is 5.48. The third kappa shape index (κ3) is 4.03. The largest absolute Gasteiger partial charge is 0.510 e. The van der Waals surface area contributed by atoms with Gasteiger partial charge in [-0.3, -0.25) is 0 Å². The number of nitrogens with zero attached hydrogens (tertiary/aromatic N) is 3. The Labute approximate surface area is 173 Å². The number of benzene rings is 2. The molecule has 4 rings (SSSR count). The van der Waals surface area contributed by atoms with Crippen molar-refractivity contribution in [1.82, 2.24) is 20.2 Å². The number of rotatable bonds is 6. The van der Waals surface area contributed by atoms with Gasteiger partial charge in [0.2, 0.25) is 5.89 Å². The second-order valence-electron chi connectivity index (χ2n) is 6.08. The van der Waals surface area contributed by atoms with Gasteiger partial charge >= 0.3 is 5.97 Å². The van der Waals surface area contributed by atoms with E-state index in [1.807, 2.05) is 18.2 Å². The van der Waals surface area contributed by atoms with Gasteiger partial charge in [0, 0.05) is 5.56 Å². The number of methoxy groups -OCH3 is 1. The van der Waals surface area contributed by atoms with E-state index in [0.29, 0.717) is 11.1 Å². The Morgan fingerprint density at radius 2 is 1.97 bits per heavy atom. The molecular formula is C20H15FN4O4S. The zero-order valence-corrected chi connectivity index (χ0v) is 16.4. The molecule has 10 heteroatoms. The van der Waals surface area contributed by atoms with Crippen LogP contribution in [0.4, 0.5) is 4.39 Å². The Morgan fingerprint density at radius 3 is 2.70 bits per heavy atom. The number of aliphatic hydroxyl groups excluding tert-OH is 1. The van der Waals surface area contributed by atoms with Crippen LogP contribution in [-0.4, -0.2) is 44.1 Å². The van der Waals surface area contributed by atoms with E-state index in [2.05, 4.69) is 20.2 Å². The number of carbonyl (C=O) groups is 1. The number of imidazole rings is 1. The minimum atomic E-state index is -0.732.